The van der Waals surface area contributed by atoms with Gasteiger partial charge in [-0.25, -0.2) is 0 Å². The summed E-state index contributed by atoms with van der Waals surface area (Å²) >= 11 is 0. The first-order valence-electron chi connectivity index (χ1n) is 6.00. The minimum Gasteiger partial charge on any atom is -0.325 e. The second kappa shape index (κ2) is 7.50. The summed E-state index contributed by atoms with van der Waals surface area (Å²) in [7, 11) is 0. The van der Waals surface area contributed by atoms with Gasteiger partial charge in [-0.2, -0.15) is 13.2 Å². The molecule has 1 aromatic rings. The van der Waals surface area contributed by atoms with Crippen LogP contribution >= 0.6 is 12.4 Å². The molecule has 7 heteroatoms. The Bertz CT molecular complexity index is 463. The molecular formula is C13H18ClF3N2O. The van der Waals surface area contributed by atoms with Gasteiger partial charge in [0.05, 0.1) is 11.6 Å². The van der Waals surface area contributed by atoms with Gasteiger partial charge in [0.2, 0.25) is 5.91 Å². The van der Waals surface area contributed by atoms with Crippen LogP contribution in [0.3, 0.4) is 0 Å². The lowest BCUT2D eigenvalue weighted by Crippen LogP contribution is -2.35. The highest BCUT2D eigenvalue weighted by molar-refractivity contribution is 5.94. The molecule has 0 aliphatic rings. The average molecular weight is 311 g/mol. The number of nitrogens with one attached hydrogen (secondary N) is 1. The highest BCUT2D eigenvalue weighted by Gasteiger charge is 2.32. The molecule has 0 spiro atoms. The summed E-state index contributed by atoms with van der Waals surface area (Å²) in [5.74, 6) is -0.473. The third kappa shape index (κ3) is 5.02. The summed E-state index contributed by atoms with van der Waals surface area (Å²) < 4.78 is 38.1. The standard InChI is InChI=1S/C13H17F3N2O.ClH/c1-3-4-11(17)12(19)18-9-6-5-8(2)10(7-9)13(14,15)16;/h5-7,11H,3-4,17H2,1-2H3,(H,18,19);1H. The molecule has 114 valence electrons. The van der Waals surface area contributed by atoms with Crippen LogP contribution in [0, 0.1) is 6.92 Å². The minimum absolute atomic E-state index is 0. The van der Waals surface area contributed by atoms with Crippen molar-refractivity contribution >= 4 is 24.0 Å². The van der Waals surface area contributed by atoms with Gasteiger partial charge in [-0.3, -0.25) is 4.79 Å². The number of hydrogen-bond acceptors (Lipinski definition) is 2. The maximum atomic E-state index is 12.7. The molecule has 0 saturated heterocycles. The number of anilines is 1. The highest BCUT2D eigenvalue weighted by atomic mass is 35.5. The average Bonchev–Trinajstić information content (AvgIpc) is 2.30. The summed E-state index contributed by atoms with van der Waals surface area (Å²) in [5, 5.41) is 2.40. The fraction of sp³-hybridized carbons (Fsp3) is 0.462. The molecule has 1 unspecified atom stereocenters. The number of nitrogens with two attached hydrogens (primary N) is 1. The van der Waals surface area contributed by atoms with Crippen molar-refractivity contribution in [2.75, 3.05) is 5.32 Å². The second-order valence-corrected chi connectivity index (χ2v) is 4.41. The Balaban J connectivity index is 0.00000361. The highest BCUT2D eigenvalue weighted by Crippen LogP contribution is 2.33. The van der Waals surface area contributed by atoms with Crippen LogP contribution in [-0.2, 0) is 11.0 Å². The predicted octanol–water partition coefficient (Wildman–Crippen LogP) is 3.50. The fourth-order valence-electron chi connectivity index (χ4n) is 1.68. The smallest absolute Gasteiger partial charge is 0.325 e. The Morgan fingerprint density at radius 2 is 2.00 bits per heavy atom. The molecule has 1 aromatic carbocycles. The topological polar surface area (TPSA) is 55.1 Å². The van der Waals surface area contributed by atoms with E-state index in [1.807, 2.05) is 6.92 Å². The molecule has 0 aromatic heterocycles. The molecule has 0 fully saturated rings. The Kier molecular flexibility index (Phi) is 7.02. The molecular weight excluding hydrogens is 293 g/mol. The molecule has 0 aliphatic heterocycles. The lowest BCUT2D eigenvalue weighted by atomic mass is 10.1. The van der Waals surface area contributed by atoms with Crippen molar-refractivity contribution < 1.29 is 18.0 Å². The van der Waals surface area contributed by atoms with Gasteiger partial charge in [0.1, 0.15) is 0 Å². The first-order chi connectivity index (χ1) is 8.75. The van der Waals surface area contributed by atoms with Crippen molar-refractivity contribution in [3.05, 3.63) is 29.3 Å². The fourth-order valence-corrected chi connectivity index (χ4v) is 1.68. The summed E-state index contributed by atoms with van der Waals surface area (Å²) in [6, 6.07) is 2.97. The van der Waals surface area contributed by atoms with Crippen LogP contribution in [0.5, 0.6) is 0 Å². The molecule has 1 atom stereocenters. The van der Waals surface area contributed by atoms with Gasteiger partial charge >= 0.3 is 6.18 Å². The second-order valence-electron chi connectivity index (χ2n) is 4.41. The van der Waals surface area contributed by atoms with Crippen molar-refractivity contribution in [2.24, 2.45) is 5.73 Å². The summed E-state index contributed by atoms with van der Waals surface area (Å²) in [5.41, 5.74) is 5.06. The number of amides is 1. The third-order valence-electron chi connectivity index (χ3n) is 2.75. The van der Waals surface area contributed by atoms with E-state index in [9.17, 15) is 18.0 Å². The molecule has 0 aliphatic carbocycles. The Morgan fingerprint density at radius 1 is 1.40 bits per heavy atom. The first kappa shape index (κ1) is 18.7. The Labute approximate surface area is 122 Å². The molecule has 20 heavy (non-hydrogen) atoms. The van der Waals surface area contributed by atoms with E-state index in [0.29, 0.717) is 6.42 Å². The predicted molar refractivity (Wildman–Crippen MR) is 74.9 cm³/mol. The number of hydrogen-bond donors (Lipinski definition) is 2. The Hall–Kier alpha value is -1.27. The van der Waals surface area contributed by atoms with Crippen molar-refractivity contribution in [3.8, 4) is 0 Å². The van der Waals surface area contributed by atoms with Crippen molar-refractivity contribution in [1.82, 2.24) is 0 Å². The van der Waals surface area contributed by atoms with Crippen LogP contribution in [0.1, 0.15) is 30.9 Å². The Morgan fingerprint density at radius 3 is 2.50 bits per heavy atom. The van der Waals surface area contributed by atoms with Crippen molar-refractivity contribution in [1.29, 1.82) is 0 Å². The molecule has 0 heterocycles. The molecule has 0 bridgehead atoms. The summed E-state index contributed by atoms with van der Waals surface area (Å²) in [6.07, 6.45) is -3.21. The van der Waals surface area contributed by atoms with Crippen LogP contribution < -0.4 is 11.1 Å². The number of carbonyl (C=O) groups is 1. The van der Waals surface area contributed by atoms with E-state index in [-0.39, 0.29) is 23.7 Å². The van der Waals surface area contributed by atoms with Gasteiger partial charge in [-0.05, 0) is 31.0 Å². The zero-order valence-corrected chi connectivity index (χ0v) is 12.1. The molecule has 3 nitrogen and oxygen atoms in total. The molecule has 1 amide bonds. The SMILES string of the molecule is CCCC(N)C(=O)Nc1ccc(C)c(C(F)(F)F)c1.Cl. The maximum Gasteiger partial charge on any atom is 0.416 e. The largest absolute Gasteiger partial charge is 0.416 e. The van der Waals surface area contributed by atoms with Gasteiger partial charge in [-0.1, -0.05) is 19.4 Å². The van der Waals surface area contributed by atoms with E-state index < -0.39 is 23.7 Å². The van der Waals surface area contributed by atoms with Crippen LogP contribution in [0.4, 0.5) is 18.9 Å². The number of alkyl halides is 3. The van der Waals surface area contributed by atoms with Crippen LogP contribution in [0.15, 0.2) is 18.2 Å². The molecule has 0 radical (unpaired) electrons. The number of benzene rings is 1. The van der Waals surface area contributed by atoms with Gasteiger partial charge in [-0.15, -0.1) is 12.4 Å². The zero-order chi connectivity index (χ0) is 14.6. The molecule has 0 saturated carbocycles. The van der Waals surface area contributed by atoms with Crippen LogP contribution in [0.25, 0.3) is 0 Å². The van der Waals surface area contributed by atoms with Gasteiger partial charge < -0.3 is 11.1 Å². The summed E-state index contributed by atoms with van der Waals surface area (Å²) in [4.78, 5) is 11.6. The lowest BCUT2D eigenvalue weighted by Gasteiger charge is -2.14. The van der Waals surface area contributed by atoms with E-state index in [1.54, 1.807) is 0 Å². The molecule has 1 rings (SSSR count). The van der Waals surface area contributed by atoms with Crippen molar-refractivity contribution in [3.63, 3.8) is 0 Å². The van der Waals surface area contributed by atoms with Gasteiger partial charge in [0.25, 0.3) is 0 Å². The number of rotatable bonds is 4. The van der Waals surface area contributed by atoms with Gasteiger partial charge in [0, 0.05) is 5.69 Å². The van der Waals surface area contributed by atoms with E-state index >= 15 is 0 Å². The van der Waals surface area contributed by atoms with Gasteiger partial charge in [0.15, 0.2) is 0 Å². The monoisotopic (exact) mass is 310 g/mol. The number of aryl methyl sites for hydroxylation is 1. The van der Waals surface area contributed by atoms with Crippen LogP contribution in [0.2, 0.25) is 0 Å². The lowest BCUT2D eigenvalue weighted by molar-refractivity contribution is -0.138. The van der Waals surface area contributed by atoms with Crippen LogP contribution in [-0.4, -0.2) is 11.9 Å². The van der Waals surface area contributed by atoms with E-state index in [4.69, 9.17) is 5.73 Å². The third-order valence-corrected chi connectivity index (χ3v) is 2.75. The van der Waals surface area contributed by atoms with Crippen molar-refractivity contribution in [2.45, 2.75) is 38.9 Å². The van der Waals surface area contributed by atoms with E-state index in [1.165, 1.54) is 19.1 Å². The maximum absolute atomic E-state index is 12.7. The zero-order valence-electron chi connectivity index (χ0n) is 11.3. The van der Waals surface area contributed by atoms with E-state index in [0.717, 1.165) is 12.5 Å². The quantitative estimate of drug-likeness (QED) is 0.894. The number of carbonyl (C=O) groups excluding carboxylic acids is 1. The number of halogens is 4. The molecule has 3 N–H and O–H groups in total. The normalized spacial score (nSPS) is 12.5. The minimum atomic E-state index is -4.43. The first-order valence-corrected chi connectivity index (χ1v) is 6.00. The van der Waals surface area contributed by atoms with E-state index in [2.05, 4.69) is 5.32 Å². The summed E-state index contributed by atoms with van der Waals surface area (Å²) in [6.45, 7) is 3.25.